The number of imidazole rings is 1. The zero-order valence-corrected chi connectivity index (χ0v) is 28.3. The highest BCUT2D eigenvalue weighted by Crippen LogP contribution is 2.47. The van der Waals surface area contributed by atoms with Crippen molar-refractivity contribution in [3.05, 3.63) is 206 Å². The molecule has 2 nitrogen and oxygen atoms in total. The minimum Gasteiger partial charge on any atom is -0.292 e. The predicted molar refractivity (Wildman–Crippen MR) is 223 cm³/mol. The van der Waals surface area contributed by atoms with E-state index in [-0.39, 0.29) is 35.3 Å². The van der Waals surface area contributed by atoms with Gasteiger partial charge in [-0.3, -0.25) is 4.57 Å². The Morgan fingerprint density at radius 2 is 0.981 bits per heavy atom. The maximum Gasteiger partial charge on any atom is 0.146 e. The van der Waals surface area contributed by atoms with Crippen molar-refractivity contribution in [3.8, 4) is 61.6 Å². The molecule has 2 heteroatoms. The van der Waals surface area contributed by atoms with E-state index in [1.807, 2.05) is 91.0 Å². The first kappa shape index (κ1) is 22.0. The summed E-state index contributed by atoms with van der Waals surface area (Å²) in [6, 6.07) is 43.1. The Bertz CT molecular complexity index is 3470. The average molecular weight is 685 g/mol. The molecule has 248 valence electrons. The van der Waals surface area contributed by atoms with Gasteiger partial charge in [0.2, 0.25) is 0 Å². The summed E-state index contributed by atoms with van der Waals surface area (Å²) in [4.78, 5) is 5.24. The van der Waals surface area contributed by atoms with Crippen molar-refractivity contribution in [1.29, 1.82) is 0 Å². The normalized spacial score (nSPS) is 14.0. The van der Waals surface area contributed by atoms with Crippen LogP contribution in [0.15, 0.2) is 206 Å². The highest BCUT2D eigenvalue weighted by atomic mass is 15.1. The molecule has 0 radical (unpaired) electrons. The topological polar surface area (TPSA) is 17.8 Å². The summed E-state index contributed by atoms with van der Waals surface area (Å²) in [7, 11) is 0. The first-order valence-corrected chi connectivity index (χ1v) is 17.3. The van der Waals surface area contributed by atoms with Gasteiger partial charge in [0.1, 0.15) is 5.82 Å². The van der Waals surface area contributed by atoms with Gasteiger partial charge in [-0.25, -0.2) is 4.98 Å². The highest BCUT2D eigenvalue weighted by molar-refractivity contribution is 6.23. The molecule has 0 fully saturated rings. The van der Waals surface area contributed by atoms with Gasteiger partial charge in [0.15, 0.2) is 0 Å². The lowest BCUT2D eigenvalue weighted by Crippen LogP contribution is -1.99. The fourth-order valence-electron chi connectivity index (χ4n) is 7.50. The van der Waals surface area contributed by atoms with Crippen molar-refractivity contribution >= 4 is 32.6 Å². The lowest BCUT2D eigenvalue weighted by atomic mass is 9.83. The van der Waals surface area contributed by atoms with E-state index in [4.69, 9.17) is 18.7 Å². The quantitative estimate of drug-likeness (QED) is 0.159. The number of hydrogen-bond donors (Lipinski definition) is 0. The number of fused-ring (bicyclic) bond motifs is 3. The van der Waals surface area contributed by atoms with Gasteiger partial charge in [-0.2, -0.15) is 0 Å². The van der Waals surface area contributed by atoms with Crippen LogP contribution >= 0.6 is 0 Å². The van der Waals surface area contributed by atoms with Gasteiger partial charge in [0.25, 0.3) is 0 Å². The van der Waals surface area contributed by atoms with Crippen LogP contribution in [0.2, 0.25) is 0 Å². The third-order valence-corrected chi connectivity index (χ3v) is 9.77. The molecule has 0 atom stereocenters. The summed E-state index contributed by atoms with van der Waals surface area (Å²) in [6.07, 6.45) is 0. The molecule has 0 saturated carbocycles. The zero-order chi connectivity index (χ0) is 43.8. The van der Waals surface area contributed by atoms with Crippen molar-refractivity contribution in [2.24, 2.45) is 0 Å². The monoisotopic (exact) mass is 684 g/mol. The second-order valence-electron chi connectivity index (χ2n) is 12.8. The number of para-hydroxylation sites is 3. The Morgan fingerprint density at radius 1 is 0.396 bits per heavy atom. The standard InChI is InChI=1S/C51H34N2/c1-4-17-35(18-5-1)37-21-16-22-39(33-37)49-41-25-10-11-26-42(41)50(44-32-31-38(34-46(44)49)36-19-6-2-7-20-36)43-27-12-13-28-45(43)51-52-47-29-14-15-30-48(47)53(51)40-23-8-3-9-24-40/h1-34H/i1D,2D,4D,5D,6D,7D,17D,18D,19D,20D. The molecule has 0 N–H and O–H groups in total. The fraction of sp³-hybridized carbons (Fsp3) is 0. The molecule has 0 aliphatic rings. The van der Waals surface area contributed by atoms with Gasteiger partial charge < -0.3 is 0 Å². The third kappa shape index (κ3) is 5.32. The van der Waals surface area contributed by atoms with E-state index < -0.39 is 36.3 Å². The van der Waals surface area contributed by atoms with Crippen LogP contribution < -0.4 is 0 Å². The zero-order valence-electron chi connectivity index (χ0n) is 38.3. The molecule has 10 rings (SSSR count). The second-order valence-corrected chi connectivity index (χ2v) is 12.8. The van der Waals surface area contributed by atoms with E-state index in [1.54, 1.807) is 18.2 Å². The average Bonchev–Trinajstić information content (AvgIpc) is 3.71. The predicted octanol–water partition coefficient (Wildman–Crippen LogP) is 13.7. The molecule has 0 spiro atoms. The van der Waals surface area contributed by atoms with E-state index in [0.29, 0.717) is 22.1 Å². The Hall–Kier alpha value is -7.03. The number of aromatic nitrogens is 2. The van der Waals surface area contributed by atoms with Gasteiger partial charge in [-0.1, -0.05) is 170 Å². The van der Waals surface area contributed by atoms with Crippen LogP contribution in [-0.4, -0.2) is 9.55 Å². The molecule has 0 amide bonds. The number of hydrogen-bond acceptors (Lipinski definition) is 1. The van der Waals surface area contributed by atoms with Gasteiger partial charge >= 0.3 is 0 Å². The Kier molecular flexibility index (Phi) is 5.38. The van der Waals surface area contributed by atoms with E-state index in [0.717, 1.165) is 61.0 Å². The van der Waals surface area contributed by atoms with Gasteiger partial charge in [-0.05, 0) is 102 Å². The lowest BCUT2D eigenvalue weighted by molar-refractivity contribution is 1.10. The van der Waals surface area contributed by atoms with Crippen LogP contribution in [0.25, 0.3) is 94.2 Å². The van der Waals surface area contributed by atoms with Crippen molar-refractivity contribution in [1.82, 2.24) is 9.55 Å². The molecule has 0 bridgehead atoms. The smallest absolute Gasteiger partial charge is 0.146 e. The van der Waals surface area contributed by atoms with Crippen molar-refractivity contribution in [3.63, 3.8) is 0 Å². The number of rotatable bonds is 6. The van der Waals surface area contributed by atoms with Crippen molar-refractivity contribution in [2.75, 3.05) is 0 Å². The van der Waals surface area contributed by atoms with Crippen molar-refractivity contribution < 1.29 is 13.7 Å². The Labute approximate surface area is 323 Å². The molecule has 1 aromatic heterocycles. The molecule has 9 aromatic carbocycles. The minimum absolute atomic E-state index is 0.0634. The molecular weight excluding hydrogens is 641 g/mol. The summed E-state index contributed by atoms with van der Waals surface area (Å²) >= 11 is 0. The molecule has 1 heterocycles. The molecule has 0 aliphatic carbocycles. The van der Waals surface area contributed by atoms with E-state index in [9.17, 15) is 0 Å². The van der Waals surface area contributed by atoms with Crippen LogP contribution in [0.4, 0.5) is 0 Å². The van der Waals surface area contributed by atoms with Crippen LogP contribution in [0, 0.1) is 0 Å². The van der Waals surface area contributed by atoms with E-state index >= 15 is 0 Å². The van der Waals surface area contributed by atoms with Gasteiger partial charge in [-0.15, -0.1) is 0 Å². The first-order chi connectivity index (χ1) is 30.5. The summed E-state index contributed by atoms with van der Waals surface area (Å²) in [5.74, 6) is 0.737. The SMILES string of the molecule is [2H]c1c([2H])c([2H])c(-c2cccc(-c3c4ccccc4c(-c4ccccc4-c4nc5ccccc5n4-c4ccccc4)c4ccc(-c5c([2H])c([2H])c([2H])c([2H])c5[2H])cc34)c2)c([2H])c1[2H]. The van der Waals surface area contributed by atoms with Gasteiger partial charge in [0, 0.05) is 11.3 Å². The summed E-state index contributed by atoms with van der Waals surface area (Å²) in [6.45, 7) is 0. The third-order valence-electron chi connectivity index (χ3n) is 9.77. The lowest BCUT2D eigenvalue weighted by Gasteiger charge is -2.21. The molecule has 0 unspecified atom stereocenters. The number of benzene rings is 9. The van der Waals surface area contributed by atoms with E-state index in [1.165, 1.54) is 0 Å². The largest absolute Gasteiger partial charge is 0.292 e. The van der Waals surface area contributed by atoms with Crippen LogP contribution in [0.3, 0.4) is 0 Å². The first-order valence-electron chi connectivity index (χ1n) is 22.3. The van der Waals surface area contributed by atoms with Crippen molar-refractivity contribution in [2.45, 2.75) is 0 Å². The molecule has 53 heavy (non-hydrogen) atoms. The Morgan fingerprint density at radius 3 is 1.74 bits per heavy atom. The van der Waals surface area contributed by atoms with E-state index in [2.05, 4.69) is 41.0 Å². The number of nitrogens with zero attached hydrogens (tertiary/aromatic N) is 2. The highest BCUT2D eigenvalue weighted by Gasteiger charge is 2.22. The second kappa shape index (κ2) is 12.9. The molecule has 0 saturated heterocycles. The fourth-order valence-corrected chi connectivity index (χ4v) is 7.50. The maximum atomic E-state index is 8.92. The maximum absolute atomic E-state index is 8.92. The van der Waals surface area contributed by atoms with Crippen LogP contribution in [0.5, 0.6) is 0 Å². The summed E-state index contributed by atoms with van der Waals surface area (Å²) < 4.78 is 87.8. The summed E-state index contributed by atoms with van der Waals surface area (Å²) in [5, 5.41) is 3.25. The van der Waals surface area contributed by atoms with Crippen LogP contribution in [0.1, 0.15) is 13.7 Å². The van der Waals surface area contributed by atoms with Crippen LogP contribution in [-0.2, 0) is 0 Å². The molecule has 10 aromatic rings. The minimum atomic E-state index is -0.480. The van der Waals surface area contributed by atoms with Gasteiger partial charge in [0.05, 0.1) is 24.7 Å². The Balaban J connectivity index is 1.32. The summed E-state index contributed by atoms with van der Waals surface area (Å²) in [5.41, 5.74) is 7.79. The molecular formula is C51H34N2. The molecule has 0 aliphatic heterocycles.